The lowest BCUT2D eigenvalue weighted by Gasteiger charge is -2.28. The van der Waals surface area contributed by atoms with Crippen LogP contribution in [0.3, 0.4) is 0 Å². The van der Waals surface area contributed by atoms with Gasteiger partial charge in [-0.05, 0) is 25.3 Å². The van der Waals surface area contributed by atoms with Crippen molar-refractivity contribution in [3.05, 3.63) is 0 Å². The Balaban J connectivity index is 2.20. The summed E-state index contributed by atoms with van der Waals surface area (Å²) in [5.74, 6) is 0.634. The summed E-state index contributed by atoms with van der Waals surface area (Å²) in [4.78, 5) is 2.52. The zero-order chi connectivity index (χ0) is 11.8. The third kappa shape index (κ3) is 5.28. The molecule has 1 saturated heterocycles. The normalized spacial score (nSPS) is 23.6. The standard InChI is InChI=1S/C13H28N2O/c1-12(2)11-16-9-8-15-7-5-3-4-6-13(15)10-14/h12-13H,3-11,14H2,1-2H3. The van der Waals surface area contributed by atoms with E-state index in [1.807, 2.05) is 0 Å². The maximum atomic E-state index is 5.83. The molecule has 0 radical (unpaired) electrons. The van der Waals surface area contributed by atoms with E-state index in [-0.39, 0.29) is 0 Å². The summed E-state index contributed by atoms with van der Waals surface area (Å²) in [6.45, 7) is 9.16. The van der Waals surface area contributed by atoms with Gasteiger partial charge in [0, 0.05) is 25.7 Å². The van der Waals surface area contributed by atoms with Crippen molar-refractivity contribution in [1.82, 2.24) is 4.90 Å². The molecule has 0 saturated carbocycles. The van der Waals surface area contributed by atoms with Gasteiger partial charge in [0.1, 0.15) is 0 Å². The molecule has 0 aromatic rings. The minimum Gasteiger partial charge on any atom is -0.380 e. The van der Waals surface area contributed by atoms with Gasteiger partial charge in [-0.1, -0.05) is 26.7 Å². The maximum Gasteiger partial charge on any atom is 0.0593 e. The first kappa shape index (κ1) is 13.9. The van der Waals surface area contributed by atoms with Gasteiger partial charge in [0.05, 0.1) is 6.61 Å². The molecule has 3 nitrogen and oxygen atoms in total. The molecule has 1 aliphatic heterocycles. The van der Waals surface area contributed by atoms with Crippen LogP contribution in [0.5, 0.6) is 0 Å². The Hall–Kier alpha value is -0.120. The fourth-order valence-electron chi connectivity index (χ4n) is 2.30. The SMILES string of the molecule is CC(C)COCCN1CCCCCC1CN. The number of rotatable bonds is 6. The Kier molecular flexibility index (Phi) is 7.01. The number of ether oxygens (including phenoxy) is 1. The van der Waals surface area contributed by atoms with Gasteiger partial charge >= 0.3 is 0 Å². The molecule has 3 heteroatoms. The molecule has 1 fully saturated rings. The summed E-state index contributed by atoms with van der Waals surface area (Å²) in [5, 5.41) is 0. The maximum absolute atomic E-state index is 5.83. The molecule has 2 N–H and O–H groups in total. The van der Waals surface area contributed by atoms with Crippen LogP contribution in [0.15, 0.2) is 0 Å². The van der Waals surface area contributed by atoms with Crippen LogP contribution < -0.4 is 5.73 Å². The van der Waals surface area contributed by atoms with Crippen molar-refractivity contribution in [1.29, 1.82) is 0 Å². The summed E-state index contributed by atoms with van der Waals surface area (Å²) in [6.07, 6.45) is 5.28. The average molecular weight is 228 g/mol. The highest BCUT2D eigenvalue weighted by Crippen LogP contribution is 2.15. The number of nitrogens with two attached hydrogens (primary N) is 1. The summed E-state index contributed by atoms with van der Waals surface area (Å²) in [7, 11) is 0. The average Bonchev–Trinajstić information content (AvgIpc) is 2.48. The first-order valence-electron chi connectivity index (χ1n) is 6.76. The largest absolute Gasteiger partial charge is 0.380 e. The number of nitrogens with zero attached hydrogens (tertiary/aromatic N) is 1. The third-order valence-electron chi connectivity index (χ3n) is 3.25. The van der Waals surface area contributed by atoms with Crippen molar-refractivity contribution in [2.45, 2.75) is 45.6 Å². The van der Waals surface area contributed by atoms with E-state index in [4.69, 9.17) is 10.5 Å². The van der Waals surface area contributed by atoms with E-state index in [0.717, 1.165) is 26.3 Å². The van der Waals surface area contributed by atoms with Crippen LogP contribution in [0, 0.1) is 5.92 Å². The molecular formula is C13H28N2O. The summed E-state index contributed by atoms with van der Waals surface area (Å²) in [5.41, 5.74) is 5.83. The lowest BCUT2D eigenvalue weighted by atomic mass is 10.1. The molecule has 1 heterocycles. The minimum atomic E-state index is 0.588. The quantitative estimate of drug-likeness (QED) is 0.705. The van der Waals surface area contributed by atoms with Crippen molar-refractivity contribution < 1.29 is 4.74 Å². The van der Waals surface area contributed by atoms with E-state index in [1.165, 1.54) is 32.2 Å². The minimum absolute atomic E-state index is 0.588. The van der Waals surface area contributed by atoms with Crippen molar-refractivity contribution >= 4 is 0 Å². The summed E-state index contributed by atoms with van der Waals surface area (Å²) >= 11 is 0. The van der Waals surface area contributed by atoms with E-state index < -0.39 is 0 Å². The Morgan fingerprint density at radius 2 is 2.12 bits per heavy atom. The fourth-order valence-corrected chi connectivity index (χ4v) is 2.30. The first-order valence-corrected chi connectivity index (χ1v) is 6.76. The zero-order valence-corrected chi connectivity index (χ0v) is 11.0. The number of hydrogen-bond acceptors (Lipinski definition) is 3. The second kappa shape index (κ2) is 8.04. The van der Waals surface area contributed by atoms with Crippen LogP contribution in [0.2, 0.25) is 0 Å². The second-order valence-corrected chi connectivity index (χ2v) is 5.24. The fraction of sp³-hybridized carbons (Fsp3) is 1.00. The van der Waals surface area contributed by atoms with Crippen molar-refractivity contribution in [3.63, 3.8) is 0 Å². The van der Waals surface area contributed by atoms with Gasteiger partial charge < -0.3 is 10.5 Å². The topological polar surface area (TPSA) is 38.5 Å². The molecule has 1 unspecified atom stereocenters. The molecular weight excluding hydrogens is 200 g/mol. The number of likely N-dealkylation sites (tertiary alicyclic amines) is 1. The molecule has 1 rings (SSSR count). The second-order valence-electron chi connectivity index (χ2n) is 5.24. The molecule has 16 heavy (non-hydrogen) atoms. The van der Waals surface area contributed by atoms with Crippen LogP contribution in [0.1, 0.15) is 39.5 Å². The third-order valence-corrected chi connectivity index (χ3v) is 3.25. The predicted octanol–water partition coefficient (Wildman–Crippen LogP) is 1.86. The molecule has 1 atom stereocenters. The van der Waals surface area contributed by atoms with Crippen LogP contribution in [0.4, 0.5) is 0 Å². The van der Waals surface area contributed by atoms with E-state index in [0.29, 0.717) is 12.0 Å². The van der Waals surface area contributed by atoms with E-state index in [2.05, 4.69) is 18.7 Å². The van der Waals surface area contributed by atoms with Crippen molar-refractivity contribution in [2.75, 3.05) is 32.8 Å². The van der Waals surface area contributed by atoms with E-state index in [9.17, 15) is 0 Å². The predicted molar refractivity (Wildman–Crippen MR) is 68.5 cm³/mol. The molecule has 1 aliphatic rings. The molecule has 0 amide bonds. The van der Waals surface area contributed by atoms with Crippen molar-refractivity contribution in [2.24, 2.45) is 11.7 Å². The first-order chi connectivity index (χ1) is 7.74. The van der Waals surface area contributed by atoms with E-state index >= 15 is 0 Å². The Morgan fingerprint density at radius 1 is 1.31 bits per heavy atom. The van der Waals surface area contributed by atoms with E-state index in [1.54, 1.807) is 0 Å². The Morgan fingerprint density at radius 3 is 2.81 bits per heavy atom. The molecule has 0 aliphatic carbocycles. The monoisotopic (exact) mass is 228 g/mol. The molecule has 96 valence electrons. The molecule has 0 spiro atoms. The lowest BCUT2D eigenvalue weighted by Crippen LogP contribution is -2.42. The molecule has 0 aromatic heterocycles. The highest BCUT2D eigenvalue weighted by atomic mass is 16.5. The van der Waals surface area contributed by atoms with Gasteiger partial charge in [0.15, 0.2) is 0 Å². The van der Waals surface area contributed by atoms with Crippen LogP contribution >= 0.6 is 0 Å². The highest BCUT2D eigenvalue weighted by molar-refractivity contribution is 4.75. The zero-order valence-electron chi connectivity index (χ0n) is 11.0. The van der Waals surface area contributed by atoms with Gasteiger partial charge in [0.25, 0.3) is 0 Å². The Labute approximate surface area is 100 Å². The van der Waals surface area contributed by atoms with Gasteiger partial charge in [-0.3, -0.25) is 4.90 Å². The van der Waals surface area contributed by atoms with Crippen LogP contribution in [-0.2, 0) is 4.74 Å². The van der Waals surface area contributed by atoms with Crippen LogP contribution in [-0.4, -0.2) is 43.8 Å². The van der Waals surface area contributed by atoms with Gasteiger partial charge in [0.2, 0.25) is 0 Å². The highest BCUT2D eigenvalue weighted by Gasteiger charge is 2.18. The van der Waals surface area contributed by atoms with Crippen molar-refractivity contribution in [3.8, 4) is 0 Å². The van der Waals surface area contributed by atoms with Gasteiger partial charge in [-0.25, -0.2) is 0 Å². The van der Waals surface area contributed by atoms with Gasteiger partial charge in [-0.2, -0.15) is 0 Å². The number of hydrogen-bond donors (Lipinski definition) is 1. The molecule has 0 bridgehead atoms. The summed E-state index contributed by atoms with van der Waals surface area (Å²) < 4.78 is 5.65. The molecule has 0 aromatic carbocycles. The summed E-state index contributed by atoms with van der Waals surface area (Å²) in [6, 6.07) is 0.588. The smallest absolute Gasteiger partial charge is 0.0593 e. The van der Waals surface area contributed by atoms with Crippen LogP contribution in [0.25, 0.3) is 0 Å². The van der Waals surface area contributed by atoms with Gasteiger partial charge in [-0.15, -0.1) is 0 Å². The lowest BCUT2D eigenvalue weighted by molar-refractivity contribution is 0.0738. The Bertz CT molecular complexity index is 173.